The summed E-state index contributed by atoms with van der Waals surface area (Å²) in [6, 6.07) is 8.64. The van der Waals surface area contributed by atoms with Gasteiger partial charge in [0.1, 0.15) is 5.82 Å². The molecule has 1 saturated heterocycles. The van der Waals surface area contributed by atoms with E-state index in [0.29, 0.717) is 6.42 Å². The first-order valence-corrected chi connectivity index (χ1v) is 9.73. The number of nitrogens with one attached hydrogen (secondary N) is 1. The fourth-order valence-corrected chi connectivity index (χ4v) is 5.05. The molecular formula is C19H18N2OS2. The second-order valence-electron chi connectivity index (χ2n) is 5.91. The molecule has 0 bridgehead atoms. The number of thiophene rings is 2. The highest BCUT2D eigenvalue weighted by Crippen LogP contribution is 2.39. The van der Waals surface area contributed by atoms with Crippen LogP contribution < -0.4 is 5.32 Å². The van der Waals surface area contributed by atoms with E-state index in [4.69, 9.17) is 0 Å². The van der Waals surface area contributed by atoms with Crippen molar-refractivity contribution >= 4 is 38.7 Å². The summed E-state index contributed by atoms with van der Waals surface area (Å²) in [5, 5.41) is 11.2. The summed E-state index contributed by atoms with van der Waals surface area (Å²) in [7, 11) is 1.82. The van der Waals surface area contributed by atoms with Crippen LogP contribution in [0.5, 0.6) is 0 Å². The Morgan fingerprint density at radius 3 is 2.92 bits per heavy atom. The molecule has 1 amide bonds. The van der Waals surface area contributed by atoms with E-state index in [1.807, 2.05) is 20.0 Å². The number of amides is 1. The van der Waals surface area contributed by atoms with Crippen molar-refractivity contribution < 1.29 is 4.79 Å². The molecule has 1 aliphatic heterocycles. The Kier molecular flexibility index (Phi) is 3.90. The zero-order valence-electron chi connectivity index (χ0n) is 13.6. The Hall–Kier alpha value is -2.11. The van der Waals surface area contributed by atoms with Gasteiger partial charge in [0.15, 0.2) is 0 Å². The lowest BCUT2D eigenvalue weighted by Gasteiger charge is -2.33. The van der Waals surface area contributed by atoms with Crippen molar-refractivity contribution in [2.75, 3.05) is 7.05 Å². The monoisotopic (exact) mass is 354 g/mol. The Labute approximate surface area is 149 Å². The van der Waals surface area contributed by atoms with E-state index >= 15 is 0 Å². The third-order valence-corrected chi connectivity index (χ3v) is 6.28. The molecule has 1 N–H and O–H groups in total. The fraction of sp³-hybridized carbons (Fsp3) is 0.211. The standard InChI is InChI=1S/C19H18N2OS2/c1-3-17-20-16(9-18(22)21(17)2)15-11-24-19-13(5-4-6-14(15)19)12-7-8-23-10-12/h3-8,10-11,16,20H,9H2,1-2H3/b17-3-. The van der Waals surface area contributed by atoms with E-state index in [-0.39, 0.29) is 11.9 Å². The van der Waals surface area contributed by atoms with Gasteiger partial charge in [-0.2, -0.15) is 11.3 Å². The SMILES string of the molecule is C/C=C1/NC(c2csc3c(-c4ccsc4)cccc23)CC(=O)N1C. The first-order chi connectivity index (χ1) is 11.7. The van der Waals surface area contributed by atoms with Crippen LogP contribution in [-0.4, -0.2) is 17.9 Å². The summed E-state index contributed by atoms with van der Waals surface area (Å²) in [6.45, 7) is 1.95. The Morgan fingerprint density at radius 1 is 1.29 bits per heavy atom. The molecule has 1 fully saturated rings. The Bertz CT molecular complexity index is 924. The Morgan fingerprint density at radius 2 is 2.17 bits per heavy atom. The van der Waals surface area contributed by atoms with Gasteiger partial charge in [-0.25, -0.2) is 0 Å². The van der Waals surface area contributed by atoms with Crippen LogP contribution in [0, 0.1) is 0 Å². The summed E-state index contributed by atoms with van der Waals surface area (Å²) in [5.74, 6) is 1.03. The lowest BCUT2D eigenvalue weighted by Crippen LogP contribution is -2.42. The molecule has 3 aromatic rings. The van der Waals surface area contributed by atoms with Gasteiger partial charge in [0.25, 0.3) is 0 Å². The van der Waals surface area contributed by atoms with Gasteiger partial charge in [-0.3, -0.25) is 4.79 Å². The fourth-order valence-electron chi connectivity index (χ4n) is 3.23. The lowest BCUT2D eigenvalue weighted by atomic mass is 9.98. The smallest absolute Gasteiger partial charge is 0.230 e. The van der Waals surface area contributed by atoms with E-state index in [2.05, 4.69) is 45.7 Å². The highest BCUT2D eigenvalue weighted by molar-refractivity contribution is 7.18. The predicted molar refractivity (Wildman–Crippen MR) is 102 cm³/mol. The van der Waals surface area contributed by atoms with Crippen LogP contribution in [0.1, 0.15) is 24.9 Å². The first-order valence-electron chi connectivity index (χ1n) is 7.91. The van der Waals surface area contributed by atoms with Gasteiger partial charge in [-0.15, -0.1) is 11.3 Å². The lowest BCUT2D eigenvalue weighted by molar-refractivity contribution is -0.130. The molecule has 3 heterocycles. The molecule has 3 nitrogen and oxygen atoms in total. The van der Waals surface area contributed by atoms with Crippen molar-refractivity contribution in [3.63, 3.8) is 0 Å². The summed E-state index contributed by atoms with van der Waals surface area (Å²) < 4.78 is 1.29. The van der Waals surface area contributed by atoms with Crippen molar-refractivity contribution in [1.29, 1.82) is 0 Å². The number of carbonyl (C=O) groups excluding carboxylic acids is 1. The minimum Gasteiger partial charge on any atom is -0.364 e. The van der Waals surface area contributed by atoms with Crippen LogP contribution in [0.3, 0.4) is 0 Å². The molecule has 0 spiro atoms. The first kappa shape index (κ1) is 15.4. The van der Waals surface area contributed by atoms with Gasteiger partial charge in [-0.05, 0) is 51.7 Å². The molecule has 0 radical (unpaired) electrons. The van der Waals surface area contributed by atoms with Crippen molar-refractivity contribution in [2.24, 2.45) is 0 Å². The summed E-state index contributed by atoms with van der Waals surface area (Å²) in [5.41, 5.74) is 3.75. The Balaban J connectivity index is 1.79. The minimum absolute atomic E-state index is 0.0337. The maximum Gasteiger partial charge on any atom is 0.230 e. The maximum absolute atomic E-state index is 12.3. The van der Waals surface area contributed by atoms with E-state index < -0.39 is 0 Å². The molecule has 122 valence electrons. The van der Waals surface area contributed by atoms with E-state index in [0.717, 1.165) is 5.82 Å². The van der Waals surface area contributed by atoms with Crippen LogP contribution in [0.25, 0.3) is 21.2 Å². The largest absolute Gasteiger partial charge is 0.364 e. The molecule has 0 aliphatic carbocycles. The quantitative estimate of drug-likeness (QED) is 0.703. The highest BCUT2D eigenvalue weighted by atomic mass is 32.1. The van der Waals surface area contributed by atoms with Gasteiger partial charge in [0, 0.05) is 17.3 Å². The van der Waals surface area contributed by atoms with E-state index in [9.17, 15) is 4.79 Å². The third-order valence-electron chi connectivity index (χ3n) is 4.55. The summed E-state index contributed by atoms with van der Waals surface area (Å²) in [6.07, 6.45) is 2.44. The summed E-state index contributed by atoms with van der Waals surface area (Å²) in [4.78, 5) is 14.0. The van der Waals surface area contributed by atoms with Gasteiger partial charge in [0.05, 0.1) is 12.5 Å². The predicted octanol–water partition coefficient (Wildman–Crippen LogP) is 4.98. The van der Waals surface area contributed by atoms with Crippen LogP contribution in [-0.2, 0) is 4.79 Å². The average molecular weight is 355 g/mol. The number of hydrogen-bond acceptors (Lipinski definition) is 4. The van der Waals surface area contributed by atoms with Crippen molar-refractivity contribution in [1.82, 2.24) is 10.2 Å². The number of carbonyl (C=O) groups is 1. The topological polar surface area (TPSA) is 32.3 Å². The number of hydrogen-bond donors (Lipinski definition) is 1. The van der Waals surface area contributed by atoms with Crippen LogP contribution in [0.2, 0.25) is 0 Å². The zero-order chi connectivity index (χ0) is 16.7. The molecular weight excluding hydrogens is 336 g/mol. The van der Waals surface area contributed by atoms with Gasteiger partial charge >= 0.3 is 0 Å². The van der Waals surface area contributed by atoms with Crippen LogP contribution in [0.15, 0.2) is 52.3 Å². The summed E-state index contributed by atoms with van der Waals surface area (Å²) >= 11 is 3.48. The van der Waals surface area contributed by atoms with Crippen LogP contribution >= 0.6 is 22.7 Å². The van der Waals surface area contributed by atoms with Crippen LogP contribution in [0.4, 0.5) is 0 Å². The molecule has 4 rings (SSSR count). The minimum atomic E-state index is 0.0337. The van der Waals surface area contributed by atoms with Gasteiger partial charge in [-0.1, -0.05) is 18.2 Å². The second-order valence-corrected chi connectivity index (χ2v) is 7.57. The number of allylic oxidation sites excluding steroid dienone is 1. The normalized spacial score (nSPS) is 19.9. The molecule has 1 aliphatic rings. The maximum atomic E-state index is 12.3. The average Bonchev–Trinajstić information content (AvgIpc) is 3.26. The number of benzene rings is 1. The van der Waals surface area contributed by atoms with Crippen molar-refractivity contribution in [3.8, 4) is 11.1 Å². The van der Waals surface area contributed by atoms with E-state index in [1.54, 1.807) is 27.6 Å². The molecule has 1 aromatic carbocycles. The van der Waals surface area contributed by atoms with Gasteiger partial charge in [0.2, 0.25) is 5.91 Å². The molecule has 1 atom stereocenters. The molecule has 1 unspecified atom stereocenters. The zero-order valence-corrected chi connectivity index (χ0v) is 15.2. The number of fused-ring (bicyclic) bond motifs is 1. The molecule has 2 aromatic heterocycles. The highest BCUT2D eigenvalue weighted by Gasteiger charge is 2.29. The number of rotatable bonds is 2. The van der Waals surface area contributed by atoms with E-state index in [1.165, 1.54) is 26.8 Å². The molecule has 0 saturated carbocycles. The van der Waals surface area contributed by atoms with Gasteiger partial charge < -0.3 is 10.2 Å². The molecule has 5 heteroatoms. The number of nitrogens with zero attached hydrogens (tertiary/aromatic N) is 1. The third kappa shape index (κ3) is 2.44. The van der Waals surface area contributed by atoms with Crippen molar-refractivity contribution in [3.05, 3.63) is 57.9 Å². The second kappa shape index (κ2) is 6.07. The molecule has 24 heavy (non-hydrogen) atoms. The van der Waals surface area contributed by atoms with Crippen molar-refractivity contribution in [2.45, 2.75) is 19.4 Å².